The van der Waals surface area contributed by atoms with Crippen LogP contribution in [0.5, 0.6) is 0 Å². The number of nitrogens with zero attached hydrogens (tertiary/aromatic N) is 1. The first-order valence-corrected chi connectivity index (χ1v) is 5.87. The fraction of sp³-hybridized carbons (Fsp3) is 0.200. The molecule has 0 spiro atoms. The SMILES string of the molecule is C=CCC1=C(OCc2ccccc2)C(=O)CC=N1. The molecule has 2 rings (SSSR count). The van der Waals surface area contributed by atoms with E-state index in [0.717, 1.165) is 5.56 Å². The van der Waals surface area contributed by atoms with E-state index in [-0.39, 0.29) is 5.78 Å². The minimum atomic E-state index is -0.0159. The highest BCUT2D eigenvalue weighted by Gasteiger charge is 2.19. The number of rotatable bonds is 5. The number of hydrogen-bond acceptors (Lipinski definition) is 3. The minimum absolute atomic E-state index is 0.0159. The van der Waals surface area contributed by atoms with Crippen molar-refractivity contribution in [2.24, 2.45) is 4.99 Å². The first-order chi connectivity index (χ1) is 8.81. The van der Waals surface area contributed by atoms with E-state index in [2.05, 4.69) is 11.6 Å². The van der Waals surface area contributed by atoms with Crippen molar-refractivity contribution < 1.29 is 9.53 Å². The van der Waals surface area contributed by atoms with Crippen molar-refractivity contribution in [3.05, 3.63) is 60.0 Å². The lowest BCUT2D eigenvalue weighted by Gasteiger charge is -2.14. The molecule has 0 saturated heterocycles. The lowest BCUT2D eigenvalue weighted by Crippen LogP contribution is -2.13. The first kappa shape index (κ1) is 12.3. The van der Waals surface area contributed by atoms with Gasteiger partial charge in [0.05, 0.1) is 5.70 Å². The zero-order chi connectivity index (χ0) is 12.8. The van der Waals surface area contributed by atoms with Crippen molar-refractivity contribution in [3.8, 4) is 0 Å². The molecule has 1 aromatic rings. The smallest absolute Gasteiger partial charge is 0.204 e. The summed E-state index contributed by atoms with van der Waals surface area (Å²) in [6.07, 6.45) is 4.20. The van der Waals surface area contributed by atoms with Crippen LogP contribution in [0.25, 0.3) is 0 Å². The summed E-state index contributed by atoms with van der Waals surface area (Å²) in [7, 11) is 0. The number of hydrogen-bond donors (Lipinski definition) is 0. The zero-order valence-electron chi connectivity index (χ0n) is 10.1. The van der Waals surface area contributed by atoms with Gasteiger partial charge in [0.1, 0.15) is 6.61 Å². The summed E-state index contributed by atoms with van der Waals surface area (Å²) in [6, 6.07) is 9.76. The maximum atomic E-state index is 11.8. The Morgan fingerprint density at radius 2 is 2.11 bits per heavy atom. The van der Waals surface area contributed by atoms with Crippen LogP contribution < -0.4 is 0 Å². The van der Waals surface area contributed by atoms with E-state index >= 15 is 0 Å². The standard InChI is InChI=1S/C15H15NO2/c1-2-6-13-15(14(17)9-10-16-13)18-11-12-7-4-3-5-8-12/h2-5,7-8,10H,1,6,9,11H2. The van der Waals surface area contributed by atoms with E-state index in [1.165, 1.54) is 0 Å². The van der Waals surface area contributed by atoms with Crippen LogP contribution in [-0.4, -0.2) is 12.0 Å². The highest BCUT2D eigenvalue weighted by Crippen LogP contribution is 2.19. The summed E-state index contributed by atoms with van der Waals surface area (Å²) in [5.74, 6) is 0.360. The van der Waals surface area contributed by atoms with E-state index in [4.69, 9.17) is 4.74 Å². The molecular weight excluding hydrogens is 226 g/mol. The number of benzene rings is 1. The molecule has 1 heterocycles. The molecule has 0 atom stereocenters. The van der Waals surface area contributed by atoms with Crippen LogP contribution in [0.1, 0.15) is 18.4 Å². The Balaban J connectivity index is 2.11. The predicted octanol–water partition coefficient (Wildman–Crippen LogP) is 3.03. The molecule has 0 amide bonds. The fourth-order valence-electron chi connectivity index (χ4n) is 1.73. The second kappa shape index (κ2) is 5.96. The zero-order valence-corrected chi connectivity index (χ0v) is 10.1. The molecule has 0 radical (unpaired) electrons. The fourth-order valence-corrected chi connectivity index (χ4v) is 1.73. The Bertz CT molecular complexity index is 500. The Kier molecular flexibility index (Phi) is 4.07. The maximum absolute atomic E-state index is 11.8. The molecule has 3 heteroatoms. The monoisotopic (exact) mass is 241 g/mol. The Labute approximate surface area is 107 Å². The first-order valence-electron chi connectivity index (χ1n) is 5.87. The van der Waals surface area contributed by atoms with Crippen LogP contribution in [-0.2, 0) is 16.1 Å². The van der Waals surface area contributed by atoms with E-state index < -0.39 is 0 Å². The van der Waals surface area contributed by atoms with Crippen LogP contribution in [0, 0.1) is 0 Å². The van der Waals surface area contributed by atoms with Crippen molar-refractivity contribution in [2.75, 3.05) is 0 Å². The predicted molar refractivity (Wildman–Crippen MR) is 71.2 cm³/mol. The molecule has 0 bridgehead atoms. The third-order valence-corrected chi connectivity index (χ3v) is 2.60. The van der Waals surface area contributed by atoms with Crippen molar-refractivity contribution in [3.63, 3.8) is 0 Å². The van der Waals surface area contributed by atoms with Gasteiger partial charge in [0.2, 0.25) is 5.78 Å². The Hall–Kier alpha value is -2.16. The van der Waals surface area contributed by atoms with Crippen molar-refractivity contribution in [2.45, 2.75) is 19.4 Å². The molecule has 0 fully saturated rings. The third kappa shape index (κ3) is 2.94. The molecule has 0 saturated carbocycles. The molecular formula is C15H15NO2. The molecule has 1 aromatic carbocycles. The summed E-state index contributed by atoms with van der Waals surface area (Å²) in [6.45, 7) is 4.04. The van der Waals surface area contributed by atoms with Gasteiger partial charge in [-0.2, -0.15) is 0 Å². The summed E-state index contributed by atoms with van der Waals surface area (Å²) in [4.78, 5) is 16.0. The third-order valence-electron chi connectivity index (χ3n) is 2.60. The van der Waals surface area contributed by atoms with Gasteiger partial charge < -0.3 is 4.74 Å². The number of carbonyl (C=O) groups excluding carboxylic acids is 1. The molecule has 0 aliphatic carbocycles. The maximum Gasteiger partial charge on any atom is 0.204 e. The van der Waals surface area contributed by atoms with Gasteiger partial charge in [-0.25, -0.2) is 0 Å². The van der Waals surface area contributed by atoms with Crippen LogP contribution in [0.4, 0.5) is 0 Å². The summed E-state index contributed by atoms with van der Waals surface area (Å²) < 4.78 is 5.62. The quantitative estimate of drug-likeness (QED) is 0.743. The highest BCUT2D eigenvalue weighted by atomic mass is 16.5. The summed E-state index contributed by atoms with van der Waals surface area (Å²) in [5.41, 5.74) is 1.70. The van der Waals surface area contributed by atoms with Gasteiger partial charge in [0.15, 0.2) is 5.76 Å². The average Bonchev–Trinajstić information content (AvgIpc) is 2.40. The largest absolute Gasteiger partial charge is 0.483 e. The lowest BCUT2D eigenvalue weighted by molar-refractivity contribution is -0.118. The minimum Gasteiger partial charge on any atom is -0.483 e. The van der Waals surface area contributed by atoms with Crippen molar-refractivity contribution in [1.29, 1.82) is 0 Å². The normalized spacial score (nSPS) is 14.8. The molecule has 0 aromatic heterocycles. The highest BCUT2D eigenvalue weighted by molar-refractivity contribution is 6.04. The van der Waals surface area contributed by atoms with Gasteiger partial charge in [-0.15, -0.1) is 6.58 Å². The molecule has 0 N–H and O–H groups in total. The number of allylic oxidation sites excluding steroid dienone is 2. The number of ether oxygens (including phenoxy) is 1. The molecule has 0 unspecified atom stereocenters. The van der Waals surface area contributed by atoms with Gasteiger partial charge in [0, 0.05) is 19.1 Å². The van der Waals surface area contributed by atoms with Crippen molar-refractivity contribution in [1.82, 2.24) is 0 Å². The van der Waals surface area contributed by atoms with Crippen molar-refractivity contribution >= 4 is 12.0 Å². The second-order valence-corrected chi connectivity index (χ2v) is 3.98. The Morgan fingerprint density at radius 1 is 1.33 bits per heavy atom. The van der Waals surface area contributed by atoms with E-state index in [1.807, 2.05) is 30.3 Å². The van der Waals surface area contributed by atoms with E-state index in [1.54, 1.807) is 12.3 Å². The molecule has 1 aliphatic heterocycles. The average molecular weight is 241 g/mol. The number of aliphatic imine (C=N–C) groups is 1. The van der Waals surface area contributed by atoms with Crippen LogP contribution in [0.2, 0.25) is 0 Å². The topological polar surface area (TPSA) is 38.7 Å². The summed E-state index contributed by atoms with van der Waals surface area (Å²) >= 11 is 0. The molecule has 92 valence electrons. The molecule has 3 nitrogen and oxygen atoms in total. The van der Waals surface area contributed by atoms with E-state index in [9.17, 15) is 4.79 Å². The Morgan fingerprint density at radius 3 is 2.83 bits per heavy atom. The second-order valence-electron chi connectivity index (χ2n) is 3.98. The number of ketones is 1. The van der Waals surface area contributed by atoms with Gasteiger partial charge >= 0.3 is 0 Å². The lowest BCUT2D eigenvalue weighted by atomic mass is 10.1. The number of Topliss-reactive ketones (excluding diaryl/α,β-unsaturated/α-hetero) is 1. The van der Waals surface area contributed by atoms with Gasteiger partial charge in [-0.3, -0.25) is 9.79 Å². The van der Waals surface area contributed by atoms with Gasteiger partial charge in [-0.1, -0.05) is 36.4 Å². The summed E-state index contributed by atoms with van der Waals surface area (Å²) in [5, 5.41) is 0. The van der Waals surface area contributed by atoms with Crippen LogP contribution in [0.15, 0.2) is 59.4 Å². The van der Waals surface area contributed by atoms with E-state index in [0.29, 0.717) is 30.9 Å². The van der Waals surface area contributed by atoms with Gasteiger partial charge in [0.25, 0.3) is 0 Å². The van der Waals surface area contributed by atoms with Crippen LogP contribution >= 0.6 is 0 Å². The van der Waals surface area contributed by atoms with Crippen LogP contribution in [0.3, 0.4) is 0 Å². The number of carbonyl (C=O) groups is 1. The van der Waals surface area contributed by atoms with Gasteiger partial charge in [-0.05, 0) is 5.56 Å². The molecule has 18 heavy (non-hydrogen) atoms. The molecule has 1 aliphatic rings.